The molecule has 1 aromatic heterocycles. The van der Waals surface area contributed by atoms with Crippen LogP contribution in [0.15, 0.2) is 18.3 Å². The number of pyridine rings is 1. The first-order valence-electron chi connectivity index (χ1n) is 6.45. The Morgan fingerprint density at radius 1 is 1.26 bits per heavy atom. The predicted octanol–water partition coefficient (Wildman–Crippen LogP) is 1.94. The molecule has 2 heterocycles. The Kier molecular flexibility index (Phi) is 2.73. The molecule has 1 aromatic rings. The van der Waals surface area contributed by atoms with E-state index < -0.39 is 4.92 Å². The van der Waals surface area contributed by atoms with Gasteiger partial charge >= 0.3 is 0 Å². The van der Waals surface area contributed by atoms with Crippen molar-refractivity contribution in [1.82, 2.24) is 4.98 Å². The first-order valence-corrected chi connectivity index (χ1v) is 6.45. The van der Waals surface area contributed by atoms with Crippen molar-refractivity contribution in [2.45, 2.75) is 25.7 Å². The van der Waals surface area contributed by atoms with E-state index in [2.05, 4.69) is 9.88 Å². The lowest BCUT2D eigenvalue weighted by Crippen LogP contribution is -2.47. The quantitative estimate of drug-likeness (QED) is 0.600. The molecule has 6 heteroatoms. The topological polar surface area (TPSA) is 76.3 Å². The first kappa shape index (κ1) is 12.1. The van der Waals surface area contributed by atoms with Crippen molar-refractivity contribution in [3.05, 3.63) is 28.4 Å². The number of piperidine rings is 1. The number of aromatic nitrogens is 1. The Labute approximate surface area is 110 Å². The molecule has 0 unspecified atom stereocenters. The molecule has 1 spiro atoms. The minimum absolute atomic E-state index is 0.0156. The van der Waals surface area contributed by atoms with Gasteiger partial charge in [0.15, 0.2) is 0 Å². The van der Waals surface area contributed by atoms with Crippen molar-refractivity contribution in [2.75, 3.05) is 18.0 Å². The van der Waals surface area contributed by atoms with Crippen molar-refractivity contribution >= 4 is 17.3 Å². The fourth-order valence-electron chi connectivity index (χ4n) is 3.02. The molecule has 1 aliphatic carbocycles. The van der Waals surface area contributed by atoms with E-state index >= 15 is 0 Å². The lowest BCUT2D eigenvalue weighted by molar-refractivity contribution is -0.385. The van der Waals surface area contributed by atoms with Gasteiger partial charge < -0.3 is 4.90 Å². The summed E-state index contributed by atoms with van der Waals surface area (Å²) in [5.74, 6) is 1.16. The largest absolute Gasteiger partial charge is 0.357 e. The van der Waals surface area contributed by atoms with E-state index in [1.54, 1.807) is 6.07 Å². The number of nitro groups is 1. The number of hydrogen-bond donors (Lipinski definition) is 0. The SMILES string of the molecule is O=C1CC2(CCN(c3ccc([N+](=O)[O-])cn3)CC2)C1. The average molecular weight is 261 g/mol. The number of anilines is 1. The van der Waals surface area contributed by atoms with Gasteiger partial charge in [0.2, 0.25) is 0 Å². The Morgan fingerprint density at radius 3 is 2.42 bits per heavy atom. The zero-order valence-electron chi connectivity index (χ0n) is 10.5. The van der Waals surface area contributed by atoms with E-state index in [0.29, 0.717) is 5.78 Å². The van der Waals surface area contributed by atoms with E-state index in [-0.39, 0.29) is 11.1 Å². The fourth-order valence-corrected chi connectivity index (χ4v) is 3.02. The van der Waals surface area contributed by atoms with Crippen LogP contribution in [0, 0.1) is 15.5 Å². The summed E-state index contributed by atoms with van der Waals surface area (Å²) < 4.78 is 0. The molecule has 1 saturated heterocycles. The summed E-state index contributed by atoms with van der Waals surface area (Å²) in [5.41, 5.74) is 0.260. The van der Waals surface area contributed by atoms with Crippen molar-refractivity contribution in [2.24, 2.45) is 5.41 Å². The zero-order chi connectivity index (χ0) is 13.5. The Balaban J connectivity index is 1.65. The molecule has 0 bridgehead atoms. The van der Waals surface area contributed by atoms with Crippen molar-refractivity contribution in [3.8, 4) is 0 Å². The van der Waals surface area contributed by atoms with E-state index in [1.807, 2.05) is 0 Å². The highest BCUT2D eigenvalue weighted by Crippen LogP contribution is 2.47. The van der Waals surface area contributed by atoms with Crippen LogP contribution in [0.1, 0.15) is 25.7 Å². The third-order valence-corrected chi connectivity index (χ3v) is 4.24. The van der Waals surface area contributed by atoms with Gasteiger partial charge in [-0.3, -0.25) is 14.9 Å². The van der Waals surface area contributed by atoms with Gasteiger partial charge in [-0.15, -0.1) is 0 Å². The van der Waals surface area contributed by atoms with Gasteiger partial charge in [-0.05, 0) is 24.3 Å². The molecule has 100 valence electrons. The molecular formula is C13H15N3O3. The molecule has 0 aromatic carbocycles. The Hall–Kier alpha value is -1.98. The highest BCUT2D eigenvalue weighted by molar-refractivity contribution is 5.86. The average Bonchev–Trinajstić information content (AvgIpc) is 2.38. The first-order chi connectivity index (χ1) is 9.08. The number of carbonyl (C=O) groups is 1. The van der Waals surface area contributed by atoms with Crippen LogP contribution in [0.3, 0.4) is 0 Å². The molecule has 2 fully saturated rings. The molecule has 0 amide bonds. The maximum atomic E-state index is 11.1. The second-order valence-corrected chi connectivity index (χ2v) is 5.51. The van der Waals surface area contributed by atoms with Crippen LogP contribution in [0.4, 0.5) is 11.5 Å². The van der Waals surface area contributed by atoms with Gasteiger partial charge in [-0.1, -0.05) is 0 Å². The summed E-state index contributed by atoms with van der Waals surface area (Å²) in [6, 6.07) is 3.18. The second kappa shape index (κ2) is 4.29. The van der Waals surface area contributed by atoms with E-state index in [9.17, 15) is 14.9 Å². The summed E-state index contributed by atoms with van der Waals surface area (Å²) in [4.78, 5) is 27.5. The van der Waals surface area contributed by atoms with Gasteiger partial charge in [-0.25, -0.2) is 4.98 Å². The summed E-state index contributed by atoms with van der Waals surface area (Å²) in [5, 5.41) is 10.6. The van der Waals surface area contributed by atoms with Crippen molar-refractivity contribution in [3.63, 3.8) is 0 Å². The van der Waals surface area contributed by atoms with Gasteiger partial charge in [0.05, 0.1) is 4.92 Å². The van der Waals surface area contributed by atoms with Crippen molar-refractivity contribution in [1.29, 1.82) is 0 Å². The van der Waals surface area contributed by atoms with Crippen LogP contribution in [-0.4, -0.2) is 28.8 Å². The standard InChI is InChI=1S/C13H15N3O3/c17-11-7-13(8-11)3-5-15(6-4-13)12-2-1-10(9-14-12)16(18)19/h1-2,9H,3-8H2. The Morgan fingerprint density at radius 2 is 1.95 bits per heavy atom. The highest BCUT2D eigenvalue weighted by atomic mass is 16.6. The molecular weight excluding hydrogens is 246 g/mol. The van der Waals surface area contributed by atoms with Gasteiger partial charge in [-0.2, -0.15) is 0 Å². The summed E-state index contributed by atoms with van der Waals surface area (Å²) in [6.07, 6.45) is 4.78. The van der Waals surface area contributed by atoms with Crippen LogP contribution in [0.5, 0.6) is 0 Å². The Bertz CT molecular complexity index is 508. The van der Waals surface area contributed by atoms with Crippen LogP contribution < -0.4 is 4.90 Å². The number of rotatable bonds is 2. The van der Waals surface area contributed by atoms with Gasteiger partial charge in [0.1, 0.15) is 17.8 Å². The lowest BCUT2D eigenvalue weighted by atomic mass is 9.62. The number of ketones is 1. The maximum Gasteiger partial charge on any atom is 0.287 e. The van der Waals surface area contributed by atoms with Gasteiger partial charge in [0, 0.05) is 32.0 Å². The minimum Gasteiger partial charge on any atom is -0.357 e. The van der Waals surface area contributed by atoms with Crippen molar-refractivity contribution < 1.29 is 9.72 Å². The molecule has 0 atom stereocenters. The normalized spacial score (nSPS) is 21.3. The van der Waals surface area contributed by atoms with E-state index in [1.165, 1.54) is 12.3 Å². The molecule has 0 radical (unpaired) electrons. The third-order valence-electron chi connectivity index (χ3n) is 4.24. The monoisotopic (exact) mass is 261 g/mol. The van der Waals surface area contributed by atoms with Crippen LogP contribution in [0.2, 0.25) is 0 Å². The minimum atomic E-state index is -0.443. The van der Waals surface area contributed by atoms with Crippen LogP contribution in [-0.2, 0) is 4.79 Å². The van der Waals surface area contributed by atoms with E-state index in [0.717, 1.165) is 44.6 Å². The molecule has 2 aliphatic rings. The molecule has 1 saturated carbocycles. The molecule has 6 nitrogen and oxygen atoms in total. The molecule has 3 rings (SSSR count). The fraction of sp³-hybridized carbons (Fsp3) is 0.538. The molecule has 19 heavy (non-hydrogen) atoms. The second-order valence-electron chi connectivity index (χ2n) is 5.51. The number of hydrogen-bond acceptors (Lipinski definition) is 5. The summed E-state index contributed by atoms with van der Waals surface area (Å²) >= 11 is 0. The highest BCUT2D eigenvalue weighted by Gasteiger charge is 2.45. The van der Waals surface area contributed by atoms with Crippen LogP contribution >= 0.6 is 0 Å². The summed E-state index contributed by atoms with van der Waals surface area (Å²) in [7, 11) is 0. The number of carbonyl (C=O) groups excluding carboxylic acids is 1. The van der Waals surface area contributed by atoms with Gasteiger partial charge in [0.25, 0.3) is 5.69 Å². The molecule has 1 aliphatic heterocycles. The predicted molar refractivity (Wildman–Crippen MR) is 69.0 cm³/mol. The maximum absolute atomic E-state index is 11.1. The number of nitrogens with zero attached hydrogens (tertiary/aromatic N) is 3. The molecule has 0 N–H and O–H groups in total. The third kappa shape index (κ3) is 2.18. The number of Topliss-reactive ketones (excluding diaryl/α,β-unsaturated/α-hetero) is 1. The zero-order valence-corrected chi connectivity index (χ0v) is 10.5. The summed E-state index contributed by atoms with van der Waals surface area (Å²) in [6.45, 7) is 1.75. The lowest BCUT2D eigenvalue weighted by Gasteiger charge is -2.47. The smallest absolute Gasteiger partial charge is 0.287 e. The van der Waals surface area contributed by atoms with Crippen LogP contribution in [0.25, 0.3) is 0 Å². The van der Waals surface area contributed by atoms with E-state index in [4.69, 9.17) is 0 Å².